The van der Waals surface area contributed by atoms with E-state index in [2.05, 4.69) is 22.4 Å². The SMILES string of the molecule is CCCCn1nnnc1COC(=O)[C@H]1CC(=O)N(c2ccc(C)cc2)C1. The summed E-state index contributed by atoms with van der Waals surface area (Å²) in [6.07, 6.45) is 2.14. The summed E-state index contributed by atoms with van der Waals surface area (Å²) in [4.78, 5) is 26.3. The zero-order valence-electron chi connectivity index (χ0n) is 15.1. The van der Waals surface area contributed by atoms with Crippen LogP contribution in [0.1, 0.15) is 37.6 Å². The van der Waals surface area contributed by atoms with Crippen molar-refractivity contribution in [2.75, 3.05) is 11.4 Å². The fourth-order valence-electron chi connectivity index (χ4n) is 2.90. The lowest BCUT2D eigenvalue weighted by molar-refractivity contribution is -0.150. The highest BCUT2D eigenvalue weighted by atomic mass is 16.5. The van der Waals surface area contributed by atoms with Gasteiger partial charge < -0.3 is 9.64 Å². The third kappa shape index (κ3) is 4.07. The number of esters is 1. The number of aromatic nitrogens is 4. The maximum absolute atomic E-state index is 12.4. The van der Waals surface area contributed by atoms with E-state index in [1.165, 1.54) is 0 Å². The van der Waals surface area contributed by atoms with Crippen molar-refractivity contribution in [3.63, 3.8) is 0 Å². The van der Waals surface area contributed by atoms with E-state index < -0.39 is 11.9 Å². The molecule has 8 heteroatoms. The normalized spacial score (nSPS) is 16.9. The van der Waals surface area contributed by atoms with Crippen LogP contribution >= 0.6 is 0 Å². The first kappa shape index (κ1) is 18.0. The Morgan fingerprint density at radius 1 is 1.31 bits per heavy atom. The molecule has 1 aromatic carbocycles. The monoisotopic (exact) mass is 357 g/mol. The molecule has 0 saturated carbocycles. The maximum atomic E-state index is 12.4. The number of carbonyl (C=O) groups is 2. The molecule has 2 aromatic rings. The first-order valence-corrected chi connectivity index (χ1v) is 8.87. The number of carbonyl (C=O) groups excluding carboxylic acids is 2. The molecule has 1 amide bonds. The smallest absolute Gasteiger partial charge is 0.311 e. The summed E-state index contributed by atoms with van der Waals surface area (Å²) < 4.78 is 7.01. The van der Waals surface area contributed by atoms with Crippen LogP contribution in [-0.4, -0.2) is 38.6 Å². The van der Waals surface area contributed by atoms with Crippen molar-refractivity contribution in [2.45, 2.75) is 46.3 Å². The van der Waals surface area contributed by atoms with Gasteiger partial charge in [-0.1, -0.05) is 31.0 Å². The van der Waals surface area contributed by atoms with Gasteiger partial charge in [-0.25, -0.2) is 4.68 Å². The van der Waals surface area contributed by atoms with Gasteiger partial charge >= 0.3 is 5.97 Å². The minimum Gasteiger partial charge on any atom is -0.457 e. The molecule has 1 aliphatic rings. The molecule has 0 radical (unpaired) electrons. The third-order valence-electron chi connectivity index (χ3n) is 4.48. The van der Waals surface area contributed by atoms with Crippen molar-refractivity contribution in [2.24, 2.45) is 5.92 Å². The Morgan fingerprint density at radius 3 is 2.81 bits per heavy atom. The minimum absolute atomic E-state index is 0.0186. The zero-order valence-corrected chi connectivity index (χ0v) is 15.1. The van der Waals surface area contributed by atoms with E-state index in [1.807, 2.05) is 31.2 Å². The number of hydrogen-bond donors (Lipinski definition) is 0. The Kier molecular flexibility index (Phi) is 5.60. The van der Waals surface area contributed by atoms with Crippen LogP contribution in [0.15, 0.2) is 24.3 Å². The molecule has 3 rings (SSSR count). The van der Waals surface area contributed by atoms with Crippen LogP contribution in [0.5, 0.6) is 0 Å². The molecular weight excluding hydrogens is 334 g/mol. The quantitative estimate of drug-likeness (QED) is 0.703. The van der Waals surface area contributed by atoms with Gasteiger partial charge in [0.05, 0.1) is 5.92 Å². The Hall–Kier alpha value is -2.77. The average molecular weight is 357 g/mol. The van der Waals surface area contributed by atoms with Crippen LogP contribution in [0.25, 0.3) is 0 Å². The molecule has 0 N–H and O–H groups in total. The van der Waals surface area contributed by atoms with Gasteiger partial charge in [0.15, 0.2) is 12.4 Å². The Bertz CT molecular complexity index is 771. The number of ether oxygens (including phenoxy) is 1. The summed E-state index contributed by atoms with van der Waals surface area (Å²) >= 11 is 0. The Labute approximate surface area is 152 Å². The van der Waals surface area contributed by atoms with Crippen LogP contribution < -0.4 is 4.90 Å². The van der Waals surface area contributed by atoms with E-state index in [4.69, 9.17) is 4.74 Å². The number of rotatable bonds is 7. The van der Waals surface area contributed by atoms with Crippen molar-refractivity contribution in [1.82, 2.24) is 20.2 Å². The third-order valence-corrected chi connectivity index (χ3v) is 4.48. The van der Waals surface area contributed by atoms with Gasteiger partial charge in [-0.2, -0.15) is 0 Å². The molecule has 0 bridgehead atoms. The van der Waals surface area contributed by atoms with E-state index >= 15 is 0 Å². The lowest BCUT2D eigenvalue weighted by atomic mass is 10.1. The molecule has 0 spiro atoms. The summed E-state index contributed by atoms with van der Waals surface area (Å²) in [5.41, 5.74) is 1.93. The number of amides is 1. The van der Waals surface area contributed by atoms with Crippen molar-refractivity contribution < 1.29 is 14.3 Å². The molecule has 2 heterocycles. The van der Waals surface area contributed by atoms with Crippen molar-refractivity contribution in [1.29, 1.82) is 0 Å². The fourth-order valence-corrected chi connectivity index (χ4v) is 2.90. The highest BCUT2D eigenvalue weighted by Crippen LogP contribution is 2.26. The first-order valence-electron chi connectivity index (χ1n) is 8.87. The number of unbranched alkanes of at least 4 members (excludes halogenated alkanes) is 1. The predicted molar refractivity (Wildman–Crippen MR) is 94.2 cm³/mol. The number of tetrazole rings is 1. The minimum atomic E-state index is -0.469. The van der Waals surface area contributed by atoms with E-state index in [9.17, 15) is 9.59 Å². The number of anilines is 1. The molecule has 0 aliphatic carbocycles. The van der Waals surface area contributed by atoms with Crippen LogP contribution in [0.3, 0.4) is 0 Å². The predicted octanol–water partition coefficient (Wildman–Crippen LogP) is 1.88. The second kappa shape index (κ2) is 8.07. The zero-order chi connectivity index (χ0) is 18.5. The summed E-state index contributed by atoms with van der Waals surface area (Å²) in [5, 5.41) is 11.4. The van der Waals surface area contributed by atoms with Gasteiger partial charge in [0.1, 0.15) is 0 Å². The second-order valence-corrected chi connectivity index (χ2v) is 6.52. The van der Waals surface area contributed by atoms with Crippen LogP contribution in [0.4, 0.5) is 5.69 Å². The lowest BCUT2D eigenvalue weighted by Crippen LogP contribution is -2.26. The summed E-state index contributed by atoms with van der Waals surface area (Å²) in [5.74, 6) is -0.406. The second-order valence-electron chi connectivity index (χ2n) is 6.52. The molecular formula is C18H23N5O3. The number of aryl methyl sites for hydroxylation is 2. The lowest BCUT2D eigenvalue weighted by Gasteiger charge is -2.16. The van der Waals surface area contributed by atoms with Gasteiger partial charge in [-0.3, -0.25) is 9.59 Å². The van der Waals surface area contributed by atoms with Gasteiger partial charge in [-0.05, 0) is 35.9 Å². The Morgan fingerprint density at radius 2 is 2.08 bits per heavy atom. The van der Waals surface area contributed by atoms with Gasteiger partial charge in [0.2, 0.25) is 5.91 Å². The molecule has 1 atom stereocenters. The Balaban J connectivity index is 1.57. The highest BCUT2D eigenvalue weighted by Gasteiger charge is 2.36. The molecule has 0 unspecified atom stereocenters. The molecule has 1 saturated heterocycles. The molecule has 1 aliphatic heterocycles. The molecule has 138 valence electrons. The summed E-state index contributed by atoms with van der Waals surface area (Å²) in [6, 6.07) is 7.68. The first-order chi connectivity index (χ1) is 12.6. The summed E-state index contributed by atoms with van der Waals surface area (Å²) in [6.45, 7) is 5.12. The highest BCUT2D eigenvalue weighted by molar-refractivity contribution is 5.99. The molecule has 26 heavy (non-hydrogen) atoms. The van der Waals surface area contributed by atoms with Crippen molar-refractivity contribution >= 4 is 17.6 Å². The standard InChI is InChI=1S/C18H23N5O3/c1-3-4-9-23-16(19-20-21-23)12-26-18(25)14-10-17(24)22(11-14)15-7-5-13(2)6-8-15/h5-8,14H,3-4,9-12H2,1-2H3/t14-/m0/s1. The van der Waals surface area contributed by atoms with E-state index in [-0.39, 0.29) is 18.9 Å². The molecule has 1 fully saturated rings. The van der Waals surface area contributed by atoms with Crippen LogP contribution in [-0.2, 0) is 27.5 Å². The van der Waals surface area contributed by atoms with Gasteiger partial charge in [-0.15, -0.1) is 5.10 Å². The van der Waals surface area contributed by atoms with Crippen LogP contribution in [0.2, 0.25) is 0 Å². The number of nitrogens with zero attached hydrogens (tertiary/aromatic N) is 5. The summed E-state index contributed by atoms with van der Waals surface area (Å²) in [7, 11) is 0. The van der Waals surface area contributed by atoms with E-state index in [0.717, 1.165) is 24.1 Å². The molecule has 1 aromatic heterocycles. The van der Waals surface area contributed by atoms with E-state index in [0.29, 0.717) is 18.9 Å². The van der Waals surface area contributed by atoms with Gasteiger partial charge in [0, 0.05) is 25.2 Å². The largest absolute Gasteiger partial charge is 0.457 e. The van der Waals surface area contributed by atoms with E-state index in [1.54, 1.807) is 9.58 Å². The maximum Gasteiger partial charge on any atom is 0.311 e. The molecule has 8 nitrogen and oxygen atoms in total. The van der Waals surface area contributed by atoms with Crippen LogP contribution in [0, 0.1) is 12.8 Å². The fraction of sp³-hybridized carbons (Fsp3) is 0.500. The number of hydrogen-bond acceptors (Lipinski definition) is 6. The van der Waals surface area contributed by atoms with Crippen molar-refractivity contribution in [3.8, 4) is 0 Å². The number of benzene rings is 1. The topological polar surface area (TPSA) is 90.2 Å². The van der Waals surface area contributed by atoms with Gasteiger partial charge in [0.25, 0.3) is 0 Å². The average Bonchev–Trinajstić information content (AvgIpc) is 3.25. The van der Waals surface area contributed by atoms with Crippen molar-refractivity contribution in [3.05, 3.63) is 35.7 Å².